The molecular formula is C26H26ClN5O2W. The minimum atomic E-state index is 0. The molecule has 0 aliphatic heterocycles. The number of aromatic nitrogens is 3. The van der Waals surface area contributed by atoms with Crippen molar-refractivity contribution in [1.82, 2.24) is 15.0 Å². The van der Waals surface area contributed by atoms with Gasteiger partial charge in [0.25, 0.3) is 0 Å². The molecule has 0 amide bonds. The fourth-order valence-electron chi connectivity index (χ4n) is 3.68. The summed E-state index contributed by atoms with van der Waals surface area (Å²) < 4.78 is 11.7. The Balaban J connectivity index is 0.00000342. The molecule has 35 heavy (non-hydrogen) atoms. The molecule has 0 saturated carbocycles. The minimum absolute atomic E-state index is 0. The van der Waals surface area contributed by atoms with Gasteiger partial charge in [-0.05, 0) is 36.0 Å². The van der Waals surface area contributed by atoms with Crippen LogP contribution in [-0.2, 0) is 27.5 Å². The van der Waals surface area contributed by atoms with Crippen molar-refractivity contribution in [3.63, 3.8) is 0 Å². The molecule has 3 N–H and O–H groups in total. The second kappa shape index (κ2) is 12.1. The number of pyridine rings is 2. The molecular weight excluding hydrogens is 634 g/mol. The van der Waals surface area contributed by atoms with Crippen LogP contribution in [0.2, 0.25) is 5.02 Å². The number of nitrogens with zero attached hydrogens (tertiary/aromatic N) is 2. The summed E-state index contributed by atoms with van der Waals surface area (Å²) in [5.74, 6) is 1.19. The molecule has 4 rings (SSSR count). The van der Waals surface area contributed by atoms with Gasteiger partial charge < -0.3 is 32.4 Å². The minimum Gasteiger partial charge on any atom is -0.696 e. The second-order valence-electron chi connectivity index (χ2n) is 7.76. The fourth-order valence-corrected chi connectivity index (χ4v) is 3.94. The Morgan fingerprint density at radius 1 is 1.17 bits per heavy atom. The van der Waals surface area contributed by atoms with Gasteiger partial charge in [-0.1, -0.05) is 36.3 Å². The number of nitrogens with one attached hydrogen (secondary N) is 3. The number of halogens is 1. The van der Waals surface area contributed by atoms with Crippen molar-refractivity contribution >= 4 is 28.7 Å². The zero-order valence-electron chi connectivity index (χ0n) is 19.5. The number of anilines is 2. The third-order valence-corrected chi connectivity index (χ3v) is 5.79. The third kappa shape index (κ3) is 5.80. The van der Waals surface area contributed by atoms with E-state index in [-0.39, 0.29) is 27.0 Å². The Kier molecular flexibility index (Phi) is 9.19. The second-order valence-corrected chi connectivity index (χ2v) is 8.17. The molecule has 0 bridgehead atoms. The van der Waals surface area contributed by atoms with Crippen molar-refractivity contribution in [2.75, 3.05) is 19.0 Å². The summed E-state index contributed by atoms with van der Waals surface area (Å²) in [6.45, 7) is 6.45. The van der Waals surface area contributed by atoms with Crippen molar-refractivity contribution in [2.24, 2.45) is 0 Å². The van der Waals surface area contributed by atoms with E-state index < -0.39 is 0 Å². The van der Waals surface area contributed by atoms with E-state index in [0.717, 1.165) is 11.3 Å². The molecule has 3 heterocycles. The van der Waals surface area contributed by atoms with E-state index in [1.165, 1.54) is 0 Å². The number of rotatable bonds is 9. The Labute approximate surface area is 224 Å². The van der Waals surface area contributed by atoms with Crippen molar-refractivity contribution in [3.05, 3.63) is 90.1 Å². The molecule has 4 aromatic rings. The van der Waals surface area contributed by atoms with Gasteiger partial charge in [-0.25, -0.2) is 0 Å². The molecule has 0 fully saturated rings. The first-order valence-electron chi connectivity index (χ1n) is 10.9. The van der Waals surface area contributed by atoms with Gasteiger partial charge in [0.15, 0.2) is 5.75 Å². The standard InChI is InChI=1S/C26H26ClN5O2.W/c1-4-19-23(28)25(32-21-10-7-8-18(27)26(21)33-3)24(31-19)17-11-13-29-14-22(17)34-15-16(2)20-9-5-6-12-30-20;/h5-14,16,28,31-32H,1,4,15H2,2-3H3;/q-2;+2. The van der Waals surface area contributed by atoms with E-state index in [1.807, 2.05) is 36.4 Å². The number of hydrogen-bond donors (Lipinski definition) is 2. The van der Waals surface area contributed by atoms with E-state index in [9.17, 15) is 0 Å². The summed E-state index contributed by atoms with van der Waals surface area (Å²) in [6.07, 6.45) is 5.58. The number of hydrogen-bond acceptors (Lipinski definition) is 5. The van der Waals surface area contributed by atoms with Crippen LogP contribution in [0.25, 0.3) is 17.0 Å². The molecule has 7 nitrogen and oxygen atoms in total. The summed E-state index contributed by atoms with van der Waals surface area (Å²) in [5, 5.41) is 3.81. The number of ether oxygens (including phenoxy) is 2. The Bertz CT molecular complexity index is 1270. The quantitative estimate of drug-likeness (QED) is 0.187. The third-order valence-electron chi connectivity index (χ3n) is 5.49. The first-order valence-corrected chi connectivity index (χ1v) is 11.2. The van der Waals surface area contributed by atoms with Gasteiger partial charge in [0.2, 0.25) is 0 Å². The van der Waals surface area contributed by atoms with Gasteiger partial charge in [-0.2, -0.15) is 0 Å². The molecule has 3 aromatic heterocycles. The molecule has 1 unspecified atom stereocenters. The summed E-state index contributed by atoms with van der Waals surface area (Å²) in [6, 6.07) is 13.1. The van der Waals surface area contributed by atoms with Gasteiger partial charge in [-0.3, -0.25) is 9.97 Å². The SMILES string of the molecule is [CH2-]Cc1[nH]c(-c2ccncc2OCC(C)c2ccccn2)c(Nc2cccc(Cl)c2OC)c1[NH-].[W+2]. The van der Waals surface area contributed by atoms with Crippen LogP contribution >= 0.6 is 11.6 Å². The predicted molar refractivity (Wildman–Crippen MR) is 137 cm³/mol. The van der Waals surface area contributed by atoms with Crippen molar-refractivity contribution in [2.45, 2.75) is 19.3 Å². The van der Waals surface area contributed by atoms with Gasteiger partial charge in [0, 0.05) is 35.3 Å². The molecule has 0 aliphatic carbocycles. The van der Waals surface area contributed by atoms with Crippen LogP contribution in [-0.4, -0.2) is 28.7 Å². The number of para-hydroxylation sites is 1. The zero-order chi connectivity index (χ0) is 24.1. The summed E-state index contributed by atoms with van der Waals surface area (Å²) in [4.78, 5) is 12.0. The summed E-state index contributed by atoms with van der Waals surface area (Å²) in [7, 11) is 1.56. The molecule has 0 radical (unpaired) electrons. The van der Waals surface area contributed by atoms with E-state index in [1.54, 1.807) is 31.8 Å². The molecule has 9 heteroatoms. The molecule has 1 aromatic carbocycles. The van der Waals surface area contributed by atoms with E-state index in [0.29, 0.717) is 58.0 Å². The topological polar surface area (TPSA) is 95.9 Å². The van der Waals surface area contributed by atoms with Crippen molar-refractivity contribution in [3.8, 4) is 22.8 Å². The fraction of sp³-hybridized carbons (Fsp3) is 0.192. The number of methoxy groups -OCH3 is 1. The van der Waals surface area contributed by atoms with Crippen LogP contribution in [0.1, 0.15) is 24.2 Å². The molecule has 1 atom stereocenters. The van der Waals surface area contributed by atoms with Crippen LogP contribution in [0.15, 0.2) is 61.1 Å². The first kappa shape index (κ1) is 26.6. The van der Waals surface area contributed by atoms with E-state index in [2.05, 4.69) is 34.1 Å². The van der Waals surface area contributed by atoms with Gasteiger partial charge in [-0.15, -0.1) is 6.42 Å². The van der Waals surface area contributed by atoms with Crippen LogP contribution in [0.3, 0.4) is 0 Å². The normalized spacial score (nSPS) is 11.4. The largest absolute Gasteiger partial charge is 2.00 e. The maximum Gasteiger partial charge on any atom is 2.00 e. The van der Waals surface area contributed by atoms with E-state index in [4.69, 9.17) is 26.8 Å². The number of aromatic amines is 1. The van der Waals surface area contributed by atoms with Crippen molar-refractivity contribution < 1.29 is 30.5 Å². The smallest absolute Gasteiger partial charge is 0.696 e. The number of H-pyrrole nitrogens is 1. The average molecular weight is 660 g/mol. The molecule has 0 aliphatic rings. The van der Waals surface area contributed by atoms with Gasteiger partial charge >= 0.3 is 21.1 Å². The van der Waals surface area contributed by atoms with Crippen LogP contribution in [0.4, 0.5) is 17.1 Å². The van der Waals surface area contributed by atoms with Crippen LogP contribution in [0.5, 0.6) is 11.5 Å². The Morgan fingerprint density at radius 3 is 2.71 bits per heavy atom. The number of benzene rings is 1. The Hall–Kier alpha value is -3.02. The van der Waals surface area contributed by atoms with Crippen LogP contribution in [0, 0.1) is 6.92 Å². The maximum atomic E-state index is 8.73. The average Bonchev–Trinajstić information content (AvgIpc) is 3.18. The first-order chi connectivity index (χ1) is 16.5. The van der Waals surface area contributed by atoms with E-state index >= 15 is 0 Å². The van der Waals surface area contributed by atoms with Crippen LogP contribution < -0.4 is 14.8 Å². The summed E-state index contributed by atoms with van der Waals surface area (Å²) >= 11 is 6.31. The molecule has 0 saturated heterocycles. The molecule has 180 valence electrons. The zero-order valence-corrected chi connectivity index (χ0v) is 23.2. The van der Waals surface area contributed by atoms with Gasteiger partial charge in [0.1, 0.15) is 5.75 Å². The summed E-state index contributed by atoms with van der Waals surface area (Å²) in [5.41, 5.74) is 13.4. The predicted octanol–water partition coefficient (Wildman–Crippen LogP) is 7.12. The maximum absolute atomic E-state index is 8.73. The molecule has 0 spiro atoms. The Morgan fingerprint density at radius 2 is 2.00 bits per heavy atom. The van der Waals surface area contributed by atoms with Crippen molar-refractivity contribution in [1.29, 1.82) is 0 Å². The van der Waals surface area contributed by atoms with Gasteiger partial charge in [0.05, 0.1) is 36.3 Å². The monoisotopic (exact) mass is 659 g/mol.